The molecule has 0 saturated heterocycles. The zero-order chi connectivity index (χ0) is 18.5. The Balaban J connectivity index is 2.84. The third kappa shape index (κ3) is 7.06. The van der Waals surface area contributed by atoms with Crippen molar-refractivity contribution in [2.24, 2.45) is 5.41 Å². The normalized spacial score (nSPS) is 12.7. The molecule has 1 rings (SSSR count). The van der Waals surface area contributed by atoms with Gasteiger partial charge in [0.25, 0.3) is 0 Å². The fourth-order valence-electron chi connectivity index (χ4n) is 3.45. The summed E-state index contributed by atoms with van der Waals surface area (Å²) in [5, 5.41) is 0. The van der Waals surface area contributed by atoms with E-state index < -0.39 is 0 Å². The monoisotopic (exact) mass is 442 g/mol. The van der Waals surface area contributed by atoms with E-state index >= 15 is 0 Å². The third-order valence-electron chi connectivity index (χ3n) is 5.82. The lowest BCUT2D eigenvalue weighted by Gasteiger charge is -2.23. The van der Waals surface area contributed by atoms with Crippen molar-refractivity contribution < 1.29 is 0 Å². The molecule has 0 fully saturated rings. The van der Waals surface area contributed by atoms with E-state index in [1.807, 2.05) is 0 Å². The third-order valence-corrected chi connectivity index (χ3v) is 6.36. The summed E-state index contributed by atoms with van der Waals surface area (Å²) >= 11 is 2.58. The average Bonchev–Trinajstić information content (AvgIpc) is 2.46. The lowest BCUT2D eigenvalue weighted by atomic mass is 9.83. The maximum Gasteiger partial charge on any atom is 0.0166 e. The number of alkyl halides is 1. The highest BCUT2D eigenvalue weighted by atomic mass is 127. The summed E-state index contributed by atoms with van der Waals surface area (Å²) in [7, 11) is 0. The first kappa shape index (κ1) is 22.0. The molecule has 1 aromatic carbocycles. The number of rotatable bonds is 9. The van der Waals surface area contributed by atoms with E-state index in [0.717, 1.165) is 0 Å². The van der Waals surface area contributed by atoms with E-state index in [4.69, 9.17) is 0 Å². The fraction of sp³-hybridized carbons (Fsp3) is 0.739. The predicted octanol–water partition coefficient (Wildman–Crippen LogP) is 7.91. The molecule has 138 valence electrons. The van der Waals surface area contributed by atoms with Gasteiger partial charge in [0.15, 0.2) is 0 Å². The smallest absolute Gasteiger partial charge is 0.0166 e. The van der Waals surface area contributed by atoms with E-state index in [2.05, 4.69) is 84.0 Å². The highest BCUT2D eigenvalue weighted by Gasteiger charge is 2.17. The molecular weight excluding hydrogens is 403 g/mol. The Morgan fingerprint density at radius 1 is 0.875 bits per heavy atom. The van der Waals surface area contributed by atoms with Gasteiger partial charge < -0.3 is 0 Å². The number of hydrogen-bond acceptors (Lipinski definition) is 0. The Morgan fingerprint density at radius 2 is 1.46 bits per heavy atom. The van der Waals surface area contributed by atoms with Crippen molar-refractivity contribution in [3.63, 3.8) is 0 Å². The number of benzene rings is 1. The first-order chi connectivity index (χ1) is 11.0. The summed E-state index contributed by atoms with van der Waals surface area (Å²) in [5.74, 6) is 0. The Kier molecular flexibility index (Phi) is 8.29. The molecule has 0 nitrogen and oxygen atoms in total. The molecule has 0 amide bonds. The number of halogens is 1. The van der Waals surface area contributed by atoms with E-state index in [0.29, 0.717) is 8.84 Å². The predicted molar refractivity (Wildman–Crippen MR) is 119 cm³/mol. The molecule has 0 aliphatic heterocycles. The van der Waals surface area contributed by atoms with Crippen LogP contribution < -0.4 is 0 Å². The molecule has 0 unspecified atom stereocenters. The maximum atomic E-state index is 2.58. The van der Waals surface area contributed by atoms with E-state index in [9.17, 15) is 0 Å². The van der Waals surface area contributed by atoms with E-state index in [-0.39, 0.29) is 0 Å². The van der Waals surface area contributed by atoms with E-state index in [1.54, 1.807) is 16.7 Å². The molecule has 0 bridgehead atoms. The van der Waals surface area contributed by atoms with Gasteiger partial charge in [0.05, 0.1) is 0 Å². The highest BCUT2D eigenvalue weighted by molar-refractivity contribution is 14.1. The summed E-state index contributed by atoms with van der Waals surface area (Å²) in [4.78, 5) is 0. The second kappa shape index (κ2) is 9.05. The van der Waals surface area contributed by atoms with Crippen LogP contribution in [-0.2, 0) is 12.8 Å². The van der Waals surface area contributed by atoms with Crippen LogP contribution in [0.4, 0.5) is 0 Å². The zero-order valence-corrected chi connectivity index (χ0v) is 19.6. The minimum Gasteiger partial charge on any atom is -0.0795 e. The second-order valence-corrected chi connectivity index (χ2v) is 11.9. The number of hydrogen-bond donors (Lipinski definition) is 0. The van der Waals surface area contributed by atoms with Crippen LogP contribution in [0.5, 0.6) is 0 Å². The quantitative estimate of drug-likeness (QED) is 0.269. The second-order valence-electron chi connectivity index (χ2n) is 9.02. The van der Waals surface area contributed by atoms with Gasteiger partial charge in [0, 0.05) is 3.42 Å². The zero-order valence-electron chi connectivity index (χ0n) is 17.4. The van der Waals surface area contributed by atoms with Crippen LogP contribution in [0.2, 0.25) is 0 Å². The highest BCUT2D eigenvalue weighted by Crippen LogP contribution is 2.30. The Morgan fingerprint density at radius 3 is 2.00 bits per heavy atom. The van der Waals surface area contributed by atoms with Gasteiger partial charge in [-0.2, -0.15) is 0 Å². The molecule has 0 aliphatic carbocycles. The van der Waals surface area contributed by atoms with Crippen molar-refractivity contribution in [3.05, 3.63) is 33.9 Å². The molecule has 0 N–H and O–H groups in total. The van der Waals surface area contributed by atoms with E-state index in [1.165, 1.54) is 56.1 Å². The molecule has 0 aromatic heterocycles. The van der Waals surface area contributed by atoms with Crippen LogP contribution in [0.15, 0.2) is 6.07 Å². The van der Waals surface area contributed by atoms with Crippen molar-refractivity contribution in [3.8, 4) is 0 Å². The van der Waals surface area contributed by atoms with Gasteiger partial charge in [-0.15, -0.1) is 0 Å². The lowest BCUT2D eigenvalue weighted by molar-refractivity contribution is 0.313. The summed E-state index contributed by atoms with van der Waals surface area (Å²) in [6, 6.07) is 2.45. The molecule has 0 saturated carbocycles. The van der Waals surface area contributed by atoms with Crippen LogP contribution in [0.1, 0.15) is 94.5 Å². The number of aryl methyl sites for hydroxylation is 2. The van der Waals surface area contributed by atoms with Gasteiger partial charge in [0.2, 0.25) is 0 Å². The van der Waals surface area contributed by atoms with Gasteiger partial charge in [-0.05, 0) is 92.5 Å². The molecular formula is C23H39I. The Labute approximate surface area is 165 Å². The summed E-state index contributed by atoms with van der Waals surface area (Å²) in [6.07, 6.45) is 8.97. The van der Waals surface area contributed by atoms with Crippen LogP contribution >= 0.6 is 22.6 Å². The minimum atomic E-state index is 0.415. The van der Waals surface area contributed by atoms with Gasteiger partial charge in [-0.3, -0.25) is 0 Å². The van der Waals surface area contributed by atoms with Crippen molar-refractivity contribution >= 4 is 22.6 Å². The van der Waals surface area contributed by atoms with Crippen molar-refractivity contribution in [2.45, 2.75) is 104 Å². The summed E-state index contributed by atoms with van der Waals surface area (Å²) < 4.78 is 0.415. The topological polar surface area (TPSA) is 0 Å². The summed E-state index contributed by atoms with van der Waals surface area (Å²) in [6.45, 7) is 18.8. The molecule has 24 heavy (non-hydrogen) atoms. The van der Waals surface area contributed by atoms with Crippen LogP contribution in [-0.4, -0.2) is 3.42 Å². The van der Waals surface area contributed by atoms with Gasteiger partial charge in [0.1, 0.15) is 0 Å². The molecule has 0 radical (unpaired) electrons. The van der Waals surface area contributed by atoms with Crippen LogP contribution in [0, 0.1) is 26.2 Å². The molecule has 1 aromatic rings. The standard InChI is InChI=1S/C23H39I/c1-9-22(5,6)14-10-12-20-16-17(2)18(3)21(19(20)4)13-11-15-23(7,8)24/h16H,9-15H2,1-8H3. The largest absolute Gasteiger partial charge is 0.0795 e. The first-order valence-electron chi connectivity index (χ1n) is 9.74. The van der Waals surface area contributed by atoms with Crippen molar-refractivity contribution in [2.75, 3.05) is 0 Å². The molecule has 0 atom stereocenters. The van der Waals surface area contributed by atoms with Crippen molar-refractivity contribution in [1.29, 1.82) is 0 Å². The SMILES string of the molecule is CCC(C)(C)CCCc1cc(C)c(C)c(CCCC(C)(C)I)c1C. The molecule has 0 heterocycles. The molecule has 1 heteroatoms. The first-order valence-corrected chi connectivity index (χ1v) is 10.8. The fourth-order valence-corrected chi connectivity index (χ4v) is 3.83. The van der Waals surface area contributed by atoms with Gasteiger partial charge in [-0.25, -0.2) is 0 Å². The van der Waals surface area contributed by atoms with Gasteiger partial charge >= 0.3 is 0 Å². The molecule has 0 aliphatic rings. The summed E-state index contributed by atoms with van der Waals surface area (Å²) in [5.41, 5.74) is 8.28. The van der Waals surface area contributed by atoms with Gasteiger partial charge in [-0.1, -0.05) is 69.7 Å². The van der Waals surface area contributed by atoms with Crippen LogP contribution in [0.3, 0.4) is 0 Å². The Bertz CT molecular complexity index is 532. The molecule has 0 spiro atoms. The minimum absolute atomic E-state index is 0.415. The van der Waals surface area contributed by atoms with Crippen LogP contribution in [0.25, 0.3) is 0 Å². The van der Waals surface area contributed by atoms with Crippen molar-refractivity contribution in [1.82, 2.24) is 0 Å². The maximum absolute atomic E-state index is 2.58. The average molecular weight is 442 g/mol. The Hall–Kier alpha value is -0.0500. The lowest BCUT2D eigenvalue weighted by Crippen LogP contribution is -2.11.